The summed E-state index contributed by atoms with van der Waals surface area (Å²) in [6, 6.07) is 15.0. The molecule has 0 bridgehead atoms. The zero-order valence-electron chi connectivity index (χ0n) is 16.9. The van der Waals surface area contributed by atoms with Gasteiger partial charge in [0.2, 0.25) is 17.5 Å². The van der Waals surface area contributed by atoms with Gasteiger partial charge in [-0.1, -0.05) is 35.5 Å². The molecular weight excluding hydrogens is 396 g/mol. The number of likely N-dealkylation sites (tertiary alicyclic amines) is 1. The highest BCUT2D eigenvalue weighted by molar-refractivity contribution is 5.92. The first kappa shape index (κ1) is 19.1. The molecule has 3 heterocycles. The van der Waals surface area contributed by atoms with Crippen LogP contribution in [0.3, 0.4) is 0 Å². The number of benzene rings is 2. The lowest BCUT2D eigenvalue weighted by Crippen LogP contribution is -2.39. The first-order chi connectivity index (χ1) is 15.2. The van der Waals surface area contributed by atoms with Gasteiger partial charge in [-0.25, -0.2) is 4.98 Å². The van der Waals surface area contributed by atoms with Crippen molar-refractivity contribution < 1.29 is 14.1 Å². The van der Waals surface area contributed by atoms with Gasteiger partial charge in [-0.15, -0.1) is 10.2 Å². The molecule has 0 saturated carbocycles. The molecule has 4 aromatic rings. The van der Waals surface area contributed by atoms with Gasteiger partial charge in [-0.05, 0) is 25.0 Å². The Balaban J connectivity index is 1.27. The predicted octanol–water partition coefficient (Wildman–Crippen LogP) is 3.10. The number of methoxy groups -OCH3 is 1. The zero-order valence-corrected chi connectivity index (χ0v) is 16.9. The molecule has 1 aliphatic heterocycles. The molecule has 0 spiro atoms. The van der Waals surface area contributed by atoms with Crippen molar-refractivity contribution in [2.75, 3.05) is 20.2 Å². The summed E-state index contributed by atoms with van der Waals surface area (Å²) >= 11 is 0. The minimum Gasteiger partial charge on any atom is -0.497 e. The Labute approximate surface area is 178 Å². The summed E-state index contributed by atoms with van der Waals surface area (Å²) in [5, 5.41) is 12.2. The van der Waals surface area contributed by atoms with Crippen LogP contribution in [0.2, 0.25) is 0 Å². The third-order valence-corrected chi connectivity index (χ3v) is 5.46. The van der Waals surface area contributed by atoms with Crippen LogP contribution in [0.25, 0.3) is 22.4 Å². The van der Waals surface area contributed by atoms with E-state index in [-0.39, 0.29) is 17.6 Å². The Bertz CT molecular complexity index is 1220. The van der Waals surface area contributed by atoms with Crippen molar-refractivity contribution >= 4 is 16.9 Å². The Hall–Kier alpha value is -3.88. The van der Waals surface area contributed by atoms with Gasteiger partial charge in [0.1, 0.15) is 11.3 Å². The van der Waals surface area contributed by atoms with Gasteiger partial charge in [-0.2, -0.15) is 4.98 Å². The van der Waals surface area contributed by atoms with E-state index in [1.807, 2.05) is 30.3 Å². The number of aromatic nitrogens is 5. The molecule has 9 heteroatoms. The maximum atomic E-state index is 12.9. The van der Waals surface area contributed by atoms with Gasteiger partial charge in [0.15, 0.2) is 0 Å². The van der Waals surface area contributed by atoms with Crippen LogP contribution in [-0.4, -0.2) is 56.3 Å². The third-order valence-electron chi connectivity index (χ3n) is 5.46. The van der Waals surface area contributed by atoms with Gasteiger partial charge in [-0.3, -0.25) is 4.79 Å². The maximum Gasteiger partial charge on any atom is 0.293 e. The van der Waals surface area contributed by atoms with Gasteiger partial charge < -0.3 is 14.2 Å². The molecule has 0 atom stereocenters. The molecule has 156 valence electrons. The van der Waals surface area contributed by atoms with Gasteiger partial charge in [0.25, 0.3) is 5.91 Å². The van der Waals surface area contributed by atoms with Crippen molar-refractivity contribution in [2.45, 2.75) is 18.8 Å². The number of fused-ring (bicyclic) bond motifs is 1. The first-order valence-corrected chi connectivity index (χ1v) is 10.1. The fourth-order valence-electron chi connectivity index (χ4n) is 3.71. The molecule has 1 amide bonds. The van der Waals surface area contributed by atoms with Crippen LogP contribution >= 0.6 is 0 Å². The van der Waals surface area contributed by atoms with Crippen molar-refractivity contribution in [1.82, 2.24) is 30.2 Å². The highest BCUT2D eigenvalue weighted by Crippen LogP contribution is 2.29. The fourth-order valence-corrected chi connectivity index (χ4v) is 3.71. The van der Waals surface area contributed by atoms with E-state index in [0.29, 0.717) is 41.6 Å². The van der Waals surface area contributed by atoms with E-state index >= 15 is 0 Å². The van der Waals surface area contributed by atoms with Crippen LogP contribution in [0.4, 0.5) is 0 Å². The van der Waals surface area contributed by atoms with Crippen LogP contribution in [0.1, 0.15) is 35.3 Å². The SMILES string of the molecule is COc1ccc2nnc(C(=O)N3CCC(c4nc(-c5ccccc5)no4)CC3)nc2c1. The number of hydrogen-bond acceptors (Lipinski definition) is 8. The number of carbonyl (C=O) groups is 1. The maximum absolute atomic E-state index is 12.9. The minimum absolute atomic E-state index is 0.0864. The van der Waals surface area contributed by atoms with Crippen LogP contribution in [0, 0.1) is 0 Å². The molecule has 0 N–H and O–H groups in total. The molecule has 2 aromatic carbocycles. The zero-order chi connectivity index (χ0) is 21.2. The second-order valence-corrected chi connectivity index (χ2v) is 7.38. The Kier molecular flexibility index (Phi) is 4.99. The van der Waals surface area contributed by atoms with E-state index < -0.39 is 0 Å². The largest absolute Gasteiger partial charge is 0.497 e. The van der Waals surface area contributed by atoms with E-state index in [1.54, 1.807) is 30.2 Å². The molecule has 0 radical (unpaired) electrons. The second-order valence-electron chi connectivity index (χ2n) is 7.38. The quantitative estimate of drug-likeness (QED) is 0.499. The Morgan fingerprint density at radius 1 is 1.03 bits per heavy atom. The summed E-state index contributed by atoms with van der Waals surface area (Å²) in [6.07, 6.45) is 1.47. The van der Waals surface area contributed by atoms with E-state index in [0.717, 1.165) is 18.4 Å². The number of carbonyl (C=O) groups excluding carboxylic acids is 1. The van der Waals surface area contributed by atoms with E-state index in [4.69, 9.17) is 9.26 Å². The van der Waals surface area contributed by atoms with E-state index in [2.05, 4.69) is 25.3 Å². The van der Waals surface area contributed by atoms with Crippen molar-refractivity contribution in [1.29, 1.82) is 0 Å². The number of piperidine rings is 1. The monoisotopic (exact) mass is 416 g/mol. The molecule has 1 fully saturated rings. The summed E-state index contributed by atoms with van der Waals surface area (Å²) in [4.78, 5) is 23.6. The number of ether oxygens (including phenoxy) is 1. The topological polar surface area (TPSA) is 107 Å². The Morgan fingerprint density at radius 3 is 2.61 bits per heavy atom. The summed E-state index contributed by atoms with van der Waals surface area (Å²) in [5.74, 6) is 1.83. The van der Waals surface area contributed by atoms with Crippen molar-refractivity contribution in [3.05, 3.63) is 60.2 Å². The van der Waals surface area contributed by atoms with E-state index in [1.165, 1.54) is 0 Å². The standard InChI is InChI=1S/C22H20N6O3/c1-30-16-7-8-17-18(13-16)23-20(26-25-17)22(29)28-11-9-15(10-12-28)21-24-19(27-31-21)14-5-3-2-4-6-14/h2-8,13,15H,9-12H2,1H3. The summed E-state index contributed by atoms with van der Waals surface area (Å²) < 4.78 is 10.7. The number of nitrogens with zero attached hydrogens (tertiary/aromatic N) is 6. The molecule has 2 aromatic heterocycles. The van der Waals surface area contributed by atoms with Crippen LogP contribution in [-0.2, 0) is 0 Å². The van der Waals surface area contributed by atoms with E-state index in [9.17, 15) is 4.79 Å². The summed E-state index contributed by atoms with van der Waals surface area (Å²) in [7, 11) is 1.58. The average molecular weight is 416 g/mol. The van der Waals surface area contributed by atoms with Crippen molar-refractivity contribution in [2.24, 2.45) is 0 Å². The van der Waals surface area contributed by atoms with Gasteiger partial charge >= 0.3 is 0 Å². The number of hydrogen-bond donors (Lipinski definition) is 0. The molecule has 0 aliphatic carbocycles. The fraction of sp³-hybridized carbons (Fsp3) is 0.273. The van der Waals surface area contributed by atoms with Gasteiger partial charge in [0.05, 0.1) is 12.6 Å². The minimum atomic E-state index is -0.230. The first-order valence-electron chi connectivity index (χ1n) is 10.1. The molecule has 1 aliphatic rings. The highest BCUT2D eigenvalue weighted by atomic mass is 16.5. The smallest absolute Gasteiger partial charge is 0.293 e. The normalized spacial score (nSPS) is 14.7. The Morgan fingerprint density at radius 2 is 1.84 bits per heavy atom. The van der Waals surface area contributed by atoms with Crippen molar-refractivity contribution in [3.63, 3.8) is 0 Å². The number of rotatable bonds is 4. The predicted molar refractivity (Wildman–Crippen MR) is 111 cm³/mol. The highest BCUT2D eigenvalue weighted by Gasteiger charge is 2.29. The molecule has 9 nitrogen and oxygen atoms in total. The lowest BCUT2D eigenvalue weighted by Gasteiger charge is -2.29. The lowest BCUT2D eigenvalue weighted by atomic mass is 9.96. The molecule has 5 rings (SSSR count). The van der Waals surface area contributed by atoms with Crippen LogP contribution in [0.5, 0.6) is 5.75 Å². The molecular formula is C22H20N6O3. The summed E-state index contributed by atoms with van der Waals surface area (Å²) in [5.41, 5.74) is 2.11. The molecule has 0 unspecified atom stereocenters. The summed E-state index contributed by atoms with van der Waals surface area (Å²) in [6.45, 7) is 1.12. The molecule has 1 saturated heterocycles. The van der Waals surface area contributed by atoms with Crippen LogP contribution < -0.4 is 4.74 Å². The van der Waals surface area contributed by atoms with Gasteiger partial charge in [0, 0.05) is 30.6 Å². The molecule has 31 heavy (non-hydrogen) atoms. The lowest BCUT2D eigenvalue weighted by molar-refractivity contribution is 0.0691. The van der Waals surface area contributed by atoms with Crippen molar-refractivity contribution in [3.8, 4) is 17.1 Å². The second kappa shape index (κ2) is 8.10. The average Bonchev–Trinajstić information content (AvgIpc) is 3.34. The van der Waals surface area contributed by atoms with Crippen LogP contribution in [0.15, 0.2) is 53.1 Å². The number of amides is 1. The third kappa shape index (κ3) is 3.81.